The molecule has 2 rings (SSSR count). The molecule has 0 aromatic carbocycles. The van der Waals surface area contributed by atoms with Gasteiger partial charge in [0.15, 0.2) is 0 Å². The molecule has 1 aliphatic heterocycles. The van der Waals surface area contributed by atoms with Gasteiger partial charge < -0.3 is 14.6 Å². The number of carbonyl (C=O) groups excluding carboxylic acids is 1. The van der Waals surface area contributed by atoms with Crippen LogP contribution in [0.25, 0.3) is 0 Å². The van der Waals surface area contributed by atoms with Gasteiger partial charge in [0.2, 0.25) is 0 Å². The molecule has 2 heterocycles. The number of likely N-dealkylation sites (tertiary alicyclic amines) is 1. The Morgan fingerprint density at radius 1 is 1.53 bits per heavy atom. The lowest BCUT2D eigenvalue weighted by atomic mass is 10.1. The lowest BCUT2D eigenvalue weighted by Gasteiger charge is -2.23. The van der Waals surface area contributed by atoms with E-state index in [1.54, 1.807) is 11.0 Å². The summed E-state index contributed by atoms with van der Waals surface area (Å²) in [4.78, 5) is 25.1. The maximum atomic E-state index is 12.5. The van der Waals surface area contributed by atoms with E-state index < -0.39 is 5.97 Å². The van der Waals surface area contributed by atoms with Gasteiger partial charge in [-0.05, 0) is 41.8 Å². The number of aryl methyl sites for hydroxylation is 1. The summed E-state index contributed by atoms with van der Waals surface area (Å²) in [5.41, 5.74) is 0.617. The molecule has 1 saturated heterocycles. The molecule has 6 heteroatoms. The minimum absolute atomic E-state index is 0.0275. The topological polar surface area (TPSA) is 62.5 Å². The van der Waals surface area contributed by atoms with Crippen LogP contribution in [0.1, 0.15) is 36.7 Å². The van der Waals surface area contributed by atoms with E-state index in [1.165, 1.54) is 0 Å². The molecule has 0 spiro atoms. The number of nitrogens with zero attached hydrogens (tertiary/aromatic N) is 2. The first kappa shape index (κ1) is 14.1. The highest BCUT2D eigenvalue weighted by atomic mass is 79.9. The van der Waals surface area contributed by atoms with Gasteiger partial charge in [-0.1, -0.05) is 0 Å². The van der Waals surface area contributed by atoms with E-state index in [9.17, 15) is 9.59 Å². The lowest BCUT2D eigenvalue weighted by molar-refractivity contribution is -0.137. The van der Waals surface area contributed by atoms with Crippen molar-refractivity contribution in [2.75, 3.05) is 6.54 Å². The molecule has 1 atom stereocenters. The standard InChI is InChI=1S/C13H17BrN2O3/c1-2-15-8-9(14)6-11(15)13(19)16-5-3-4-10(16)7-12(17)18/h6,8,10H,2-5,7H2,1H3,(H,17,18). The van der Waals surface area contributed by atoms with Crippen LogP contribution in [-0.4, -0.2) is 39.0 Å². The number of carbonyl (C=O) groups is 2. The summed E-state index contributed by atoms with van der Waals surface area (Å²) in [6, 6.07) is 1.62. The summed E-state index contributed by atoms with van der Waals surface area (Å²) in [6.45, 7) is 3.33. The SMILES string of the molecule is CCn1cc(Br)cc1C(=O)N1CCCC1CC(=O)O. The van der Waals surface area contributed by atoms with Crippen molar-refractivity contribution in [1.82, 2.24) is 9.47 Å². The predicted octanol–water partition coefficient (Wildman–Crippen LogP) is 2.35. The average Bonchev–Trinajstić information content (AvgIpc) is 2.94. The average molecular weight is 329 g/mol. The van der Waals surface area contributed by atoms with Crippen molar-refractivity contribution in [3.63, 3.8) is 0 Å². The summed E-state index contributed by atoms with van der Waals surface area (Å²) in [5.74, 6) is -0.923. The molecule has 1 aliphatic rings. The Morgan fingerprint density at radius 3 is 2.89 bits per heavy atom. The second kappa shape index (κ2) is 5.77. The highest BCUT2D eigenvalue weighted by Crippen LogP contribution is 2.24. The first-order chi connectivity index (χ1) is 9.02. The lowest BCUT2D eigenvalue weighted by Crippen LogP contribution is -2.37. The van der Waals surface area contributed by atoms with Crippen LogP contribution in [0.5, 0.6) is 0 Å². The van der Waals surface area contributed by atoms with E-state index in [2.05, 4.69) is 15.9 Å². The van der Waals surface area contributed by atoms with Crippen LogP contribution in [-0.2, 0) is 11.3 Å². The molecule has 5 nitrogen and oxygen atoms in total. The zero-order valence-corrected chi connectivity index (χ0v) is 12.4. The Labute approximate surface area is 120 Å². The highest BCUT2D eigenvalue weighted by molar-refractivity contribution is 9.10. The fraction of sp³-hybridized carbons (Fsp3) is 0.538. The highest BCUT2D eigenvalue weighted by Gasteiger charge is 2.32. The Kier molecular flexibility index (Phi) is 4.29. The van der Waals surface area contributed by atoms with Gasteiger partial charge >= 0.3 is 5.97 Å². The minimum atomic E-state index is -0.850. The fourth-order valence-corrected chi connectivity index (χ4v) is 3.04. The minimum Gasteiger partial charge on any atom is -0.481 e. The molecule has 0 bridgehead atoms. The number of hydrogen-bond donors (Lipinski definition) is 1. The molecule has 1 amide bonds. The quantitative estimate of drug-likeness (QED) is 0.922. The van der Waals surface area contributed by atoms with E-state index in [1.807, 2.05) is 17.7 Å². The second-order valence-electron chi connectivity index (χ2n) is 4.72. The van der Waals surface area contributed by atoms with E-state index >= 15 is 0 Å². The predicted molar refractivity (Wildman–Crippen MR) is 74.1 cm³/mol. The van der Waals surface area contributed by atoms with Crippen LogP contribution in [0, 0.1) is 0 Å². The number of hydrogen-bond acceptors (Lipinski definition) is 2. The number of aliphatic carboxylic acids is 1. The first-order valence-electron chi connectivity index (χ1n) is 6.41. The van der Waals surface area contributed by atoms with Crippen molar-refractivity contribution in [3.05, 3.63) is 22.4 Å². The summed E-state index contributed by atoms with van der Waals surface area (Å²) in [6.07, 6.45) is 3.54. The third kappa shape index (κ3) is 3.00. The normalized spacial score (nSPS) is 18.8. The van der Waals surface area contributed by atoms with Crippen molar-refractivity contribution >= 4 is 27.8 Å². The molecule has 1 fully saturated rings. The van der Waals surface area contributed by atoms with Crippen molar-refractivity contribution < 1.29 is 14.7 Å². The molecular formula is C13H17BrN2O3. The van der Waals surface area contributed by atoms with E-state index in [-0.39, 0.29) is 18.4 Å². The smallest absolute Gasteiger partial charge is 0.305 e. The Morgan fingerprint density at radius 2 is 2.26 bits per heavy atom. The van der Waals surface area contributed by atoms with E-state index in [4.69, 9.17) is 5.11 Å². The van der Waals surface area contributed by atoms with Crippen LogP contribution in [0.2, 0.25) is 0 Å². The number of rotatable bonds is 4. The first-order valence-corrected chi connectivity index (χ1v) is 7.20. The van der Waals surface area contributed by atoms with Gasteiger partial charge in [-0.15, -0.1) is 0 Å². The molecule has 0 aliphatic carbocycles. The molecule has 104 valence electrons. The van der Waals surface area contributed by atoms with Gasteiger partial charge in [0.25, 0.3) is 5.91 Å². The molecule has 0 saturated carbocycles. The van der Waals surface area contributed by atoms with Crippen LogP contribution in [0.15, 0.2) is 16.7 Å². The number of amides is 1. The largest absolute Gasteiger partial charge is 0.481 e. The van der Waals surface area contributed by atoms with E-state index in [0.29, 0.717) is 18.8 Å². The van der Waals surface area contributed by atoms with Crippen molar-refractivity contribution in [1.29, 1.82) is 0 Å². The number of carboxylic acid groups (broad SMARTS) is 1. The van der Waals surface area contributed by atoms with Gasteiger partial charge in [0.05, 0.1) is 6.42 Å². The van der Waals surface area contributed by atoms with Crippen LogP contribution in [0.4, 0.5) is 0 Å². The summed E-state index contributed by atoms with van der Waals surface area (Å²) >= 11 is 3.37. The Balaban J connectivity index is 2.20. The number of halogens is 1. The van der Waals surface area contributed by atoms with Crippen LogP contribution >= 0.6 is 15.9 Å². The van der Waals surface area contributed by atoms with Crippen LogP contribution in [0.3, 0.4) is 0 Å². The summed E-state index contributed by atoms with van der Waals surface area (Å²) in [5, 5.41) is 8.90. The molecule has 1 N–H and O–H groups in total. The molecular weight excluding hydrogens is 312 g/mol. The second-order valence-corrected chi connectivity index (χ2v) is 5.64. The zero-order chi connectivity index (χ0) is 14.0. The summed E-state index contributed by atoms with van der Waals surface area (Å²) < 4.78 is 2.74. The number of aromatic nitrogens is 1. The third-order valence-electron chi connectivity index (χ3n) is 3.47. The molecule has 0 radical (unpaired) electrons. The maximum absolute atomic E-state index is 12.5. The van der Waals surface area contributed by atoms with Crippen molar-refractivity contribution in [3.8, 4) is 0 Å². The van der Waals surface area contributed by atoms with Gasteiger partial charge in [-0.2, -0.15) is 0 Å². The molecule has 19 heavy (non-hydrogen) atoms. The Bertz CT molecular complexity index is 498. The van der Waals surface area contributed by atoms with Gasteiger partial charge in [0.1, 0.15) is 5.69 Å². The van der Waals surface area contributed by atoms with Gasteiger partial charge in [-0.3, -0.25) is 9.59 Å². The monoisotopic (exact) mass is 328 g/mol. The third-order valence-corrected chi connectivity index (χ3v) is 3.90. The fourth-order valence-electron chi connectivity index (χ4n) is 2.58. The molecule has 1 aromatic rings. The van der Waals surface area contributed by atoms with Crippen molar-refractivity contribution in [2.45, 2.75) is 38.8 Å². The molecule has 1 unspecified atom stereocenters. The number of carboxylic acids is 1. The Hall–Kier alpha value is -1.30. The van der Waals surface area contributed by atoms with Gasteiger partial charge in [0, 0.05) is 29.8 Å². The van der Waals surface area contributed by atoms with E-state index in [0.717, 1.165) is 17.3 Å². The van der Waals surface area contributed by atoms with Gasteiger partial charge in [-0.25, -0.2) is 0 Å². The van der Waals surface area contributed by atoms with Crippen molar-refractivity contribution in [2.24, 2.45) is 0 Å². The maximum Gasteiger partial charge on any atom is 0.305 e. The summed E-state index contributed by atoms with van der Waals surface area (Å²) in [7, 11) is 0. The molecule has 1 aromatic heterocycles. The zero-order valence-electron chi connectivity index (χ0n) is 10.8. The van der Waals surface area contributed by atoms with Crippen LogP contribution < -0.4 is 0 Å².